The van der Waals surface area contributed by atoms with Gasteiger partial charge in [-0.2, -0.15) is 0 Å². The van der Waals surface area contributed by atoms with Crippen LogP contribution in [0.1, 0.15) is 19.8 Å². The quantitative estimate of drug-likeness (QED) is 0.809. The molecule has 1 heterocycles. The fraction of sp³-hybridized carbons (Fsp3) is 0.400. The molecule has 0 aliphatic carbocycles. The molecule has 19 heavy (non-hydrogen) atoms. The minimum absolute atomic E-state index is 0.139. The molecule has 102 valence electrons. The summed E-state index contributed by atoms with van der Waals surface area (Å²) in [5.74, 6) is 1.73. The maximum atomic E-state index is 6.22. The zero-order valence-corrected chi connectivity index (χ0v) is 12.1. The molecule has 0 aliphatic heterocycles. The molecule has 1 aromatic heterocycles. The van der Waals surface area contributed by atoms with Crippen LogP contribution in [0.15, 0.2) is 30.5 Å². The number of pyridine rings is 1. The van der Waals surface area contributed by atoms with Crippen LogP contribution in [0.25, 0.3) is 10.8 Å². The number of ether oxygens (including phenoxy) is 1. The standard InChI is InChI=1S/C15H19ClN2O/c1-3-4-12(16)10-18-15-14-6-5-13(19-2)9-11(14)7-8-17-15/h5-9,12H,3-4,10H2,1-2H3,(H,17,18). The first-order chi connectivity index (χ1) is 9.24. The van der Waals surface area contributed by atoms with E-state index in [1.165, 1.54) is 0 Å². The SMILES string of the molecule is CCCC(Cl)CNc1nccc2cc(OC)ccc12. The third-order valence-corrected chi connectivity index (χ3v) is 3.44. The van der Waals surface area contributed by atoms with Crippen molar-refractivity contribution in [3.63, 3.8) is 0 Å². The van der Waals surface area contributed by atoms with E-state index in [1.54, 1.807) is 13.3 Å². The van der Waals surface area contributed by atoms with E-state index < -0.39 is 0 Å². The molecule has 0 amide bonds. The first-order valence-electron chi connectivity index (χ1n) is 6.55. The Bertz CT molecular complexity index is 545. The van der Waals surface area contributed by atoms with Gasteiger partial charge in [0.2, 0.25) is 0 Å². The van der Waals surface area contributed by atoms with Gasteiger partial charge < -0.3 is 10.1 Å². The molecule has 0 spiro atoms. The number of aromatic nitrogens is 1. The Morgan fingerprint density at radius 1 is 1.37 bits per heavy atom. The zero-order chi connectivity index (χ0) is 13.7. The van der Waals surface area contributed by atoms with Gasteiger partial charge in [-0.3, -0.25) is 0 Å². The number of alkyl halides is 1. The van der Waals surface area contributed by atoms with Gasteiger partial charge >= 0.3 is 0 Å². The number of nitrogens with one attached hydrogen (secondary N) is 1. The minimum Gasteiger partial charge on any atom is -0.497 e. The molecule has 0 bridgehead atoms. The van der Waals surface area contributed by atoms with E-state index in [0.29, 0.717) is 0 Å². The van der Waals surface area contributed by atoms with Gasteiger partial charge in [-0.05, 0) is 36.1 Å². The van der Waals surface area contributed by atoms with Crippen molar-refractivity contribution >= 4 is 28.2 Å². The summed E-state index contributed by atoms with van der Waals surface area (Å²) < 4.78 is 5.23. The molecular weight excluding hydrogens is 260 g/mol. The Morgan fingerprint density at radius 2 is 2.21 bits per heavy atom. The van der Waals surface area contributed by atoms with Gasteiger partial charge in [0.25, 0.3) is 0 Å². The van der Waals surface area contributed by atoms with Gasteiger partial charge in [-0.25, -0.2) is 4.98 Å². The van der Waals surface area contributed by atoms with Crippen molar-refractivity contribution < 1.29 is 4.74 Å². The van der Waals surface area contributed by atoms with Crippen molar-refractivity contribution in [3.05, 3.63) is 30.5 Å². The molecule has 1 atom stereocenters. The number of halogens is 1. The lowest BCUT2D eigenvalue weighted by Gasteiger charge is -2.12. The second kappa shape index (κ2) is 6.62. The molecule has 3 nitrogen and oxygen atoms in total. The first-order valence-corrected chi connectivity index (χ1v) is 6.99. The van der Waals surface area contributed by atoms with E-state index in [0.717, 1.165) is 41.7 Å². The monoisotopic (exact) mass is 278 g/mol. The van der Waals surface area contributed by atoms with Gasteiger partial charge in [-0.15, -0.1) is 11.6 Å². The van der Waals surface area contributed by atoms with Crippen molar-refractivity contribution in [2.45, 2.75) is 25.1 Å². The van der Waals surface area contributed by atoms with Gasteiger partial charge in [0.15, 0.2) is 0 Å². The summed E-state index contributed by atoms with van der Waals surface area (Å²) in [6.07, 6.45) is 3.90. The van der Waals surface area contributed by atoms with Crippen molar-refractivity contribution in [3.8, 4) is 5.75 Å². The number of nitrogens with zero attached hydrogens (tertiary/aromatic N) is 1. The summed E-state index contributed by atoms with van der Waals surface area (Å²) in [6, 6.07) is 7.95. The van der Waals surface area contributed by atoms with Gasteiger partial charge in [0.05, 0.1) is 12.5 Å². The molecule has 0 saturated carbocycles. The van der Waals surface area contributed by atoms with E-state index in [9.17, 15) is 0 Å². The predicted octanol–water partition coefficient (Wildman–Crippen LogP) is 4.06. The first kappa shape index (κ1) is 13.9. The Labute approximate surface area is 118 Å². The Balaban J connectivity index is 2.19. The highest BCUT2D eigenvalue weighted by Crippen LogP contribution is 2.25. The maximum absolute atomic E-state index is 6.22. The Kier molecular flexibility index (Phi) is 4.86. The van der Waals surface area contributed by atoms with Gasteiger partial charge in [0, 0.05) is 18.1 Å². The number of methoxy groups -OCH3 is 1. The molecule has 0 fully saturated rings. The van der Waals surface area contributed by atoms with Crippen LogP contribution in [0.3, 0.4) is 0 Å². The van der Waals surface area contributed by atoms with Crippen molar-refractivity contribution in [1.29, 1.82) is 0 Å². The van der Waals surface area contributed by atoms with E-state index >= 15 is 0 Å². The molecule has 0 saturated heterocycles. The molecule has 1 unspecified atom stereocenters. The highest BCUT2D eigenvalue weighted by Gasteiger charge is 2.06. The van der Waals surface area contributed by atoms with Crippen LogP contribution < -0.4 is 10.1 Å². The van der Waals surface area contributed by atoms with Crippen LogP contribution in [0.4, 0.5) is 5.82 Å². The largest absolute Gasteiger partial charge is 0.497 e. The molecule has 2 rings (SSSR count). The highest BCUT2D eigenvalue weighted by molar-refractivity contribution is 6.20. The molecule has 4 heteroatoms. The second-order valence-corrected chi connectivity index (χ2v) is 5.13. The lowest BCUT2D eigenvalue weighted by Crippen LogP contribution is -2.14. The minimum atomic E-state index is 0.139. The average Bonchev–Trinajstić information content (AvgIpc) is 2.44. The van der Waals surface area contributed by atoms with Crippen LogP contribution in [-0.2, 0) is 0 Å². The predicted molar refractivity (Wildman–Crippen MR) is 81.3 cm³/mol. The van der Waals surface area contributed by atoms with Crippen LogP contribution >= 0.6 is 11.6 Å². The van der Waals surface area contributed by atoms with Crippen LogP contribution in [0, 0.1) is 0 Å². The molecule has 0 aliphatic rings. The molecule has 1 N–H and O–H groups in total. The van der Waals surface area contributed by atoms with E-state index in [2.05, 4.69) is 17.2 Å². The van der Waals surface area contributed by atoms with E-state index in [4.69, 9.17) is 16.3 Å². The summed E-state index contributed by atoms with van der Waals surface area (Å²) in [5, 5.41) is 5.66. The summed E-state index contributed by atoms with van der Waals surface area (Å²) >= 11 is 6.22. The average molecular weight is 279 g/mol. The third-order valence-electron chi connectivity index (χ3n) is 3.06. The number of anilines is 1. The van der Waals surface area contributed by atoms with Crippen LogP contribution in [0.2, 0.25) is 0 Å². The lowest BCUT2D eigenvalue weighted by molar-refractivity contribution is 0.415. The topological polar surface area (TPSA) is 34.2 Å². The molecule has 0 radical (unpaired) electrons. The van der Waals surface area contributed by atoms with E-state index in [-0.39, 0.29) is 5.38 Å². The fourth-order valence-electron chi connectivity index (χ4n) is 2.05. The maximum Gasteiger partial charge on any atom is 0.133 e. The fourth-order valence-corrected chi connectivity index (χ4v) is 2.34. The van der Waals surface area contributed by atoms with Crippen LogP contribution in [0.5, 0.6) is 5.75 Å². The Hall–Kier alpha value is -1.48. The summed E-state index contributed by atoms with van der Waals surface area (Å²) in [5.41, 5.74) is 0. The number of hydrogen-bond donors (Lipinski definition) is 1. The summed E-state index contributed by atoms with van der Waals surface area (Å²) in [7, 11) is 1.67. The van der Waals surface area contributed by atoms with Gasteiger partial charge in [-0.1, -0.05) is 13.3 Å². The highest BCUT2D eigenvalue weighted by atomic mass is 35.5. The molecule has 2 aromatic rings. The normalized spacial score (nSPS) is 12.4. The number of rotatable bonds is 6. The van der Waals surface area contributed by atoms with E-state index in [1.807, 2.05) is 24.3 Å². The number of benzene rings is 1. The van der Waals surface area contributed by atoms with Crippen molar-refractivity contribution in [1.82, 2.24) is 4.98 Å². The molecular formula is C15H19ClN2O. The lowest BCUT2D eigenvalue weighted by atomic mass is 10.1. The molecule has 1 aromatic carbocycles. The van der Waals surface area contributed by atoms with Crippen LogP contribution in [-0.4, -0.2) is 24.0 Å². The number of hydrogen-bond acceptors (Lipinski definition) is 3. The summed E-state index contributed by atoms with van der Waals surface area (Å²) in [4.78, 5) is 4.38. The van der Waals surface area contributed by atoms with Crippen molar-refractivity contribution in [2.75, 3.05) is 19.0 Å². The zero-order valence-electron chi connectivity index (χ0n) is 11.3. The summed E-state index contributed by atoms with van der Waals surface area (Å²) in [6.45, 7) is 2.87. The second-order valence-electron chi connectivity index (χ2n) is 4.51. The smallest absolute Gasteiger partial charge is 0.133 e. The van der Waals surface area contributed by atoms with Crippen molar-refractivity contribution in [2.24, 2.45) is 0 Å². The Morgan fingerprint density at radius 3 is 2.95 bits per heavy atom. The van der Waals surface area contributed by atoms with Gasteiger partial charge in [0.1, 0.15) is 11.6 Å². The third kappa shape index (κ3) is 3.51. The number of fused-ring (bicyclic) bond motifs is 1.